The largest absolute Gasteiger partial charge is 0.481 e. The molecule has 2 amide bonds. The first-order valence-corrected chi connectivity index (χ1v) is 7.08. The van der Waals surface area contributed by atoms with Crippen LogP contribution in [0.4, 0.5) is 4.79 Å². The third kappa shape index (κ3) is 5.24. The number of ether oxygens (including phenoxy) is 1. The maximum Gasteiger partial charge on any atom is 0.329 e. The van der Waals surface area contributed by atoms with Gasteiger partial charge in [-0.1, -0.05) is 0 Å². The first-order chi connectivity index (χ1) is 9.61. The molecule has 1 saturated heterocycles. The Hall–Kier alpha value is -1.79. The molecule has 120 valence electrons. The summed E-state index contributed by atoms with van der Waals surface area (Å²) in [5.41, 5.74) is -0.594. The fourth-order valence-electron chi connectivity index (χ4n) is 2.19. The molecule has 0 radical (unpaired) electrons. The maximum absolute atomic E-state index is 12.3. The summed E-state index contributed by atoms with van der Waals surface area (Å²) in [5.74, 6) is -1.36. The van der Waals surface area contributed by atoms with Gasteiger partial charge in [-0.2, -0.15) is 0 Å². The van der Waals surface area contributed by atoms with Crippen LogP contribution in [0.5, 0.6) is 0 Å². The van der Waals surface area contributed by atoms with Crippen molar-refractivity contribution >= 4 is 18.0 Å². The molecular weight excluding hydrogens is 276 g/mol. The Kier molecular flexibility index (Phi) is 5.57. The normalized spacial score (nSPS) is 18.5. The van der Waals surface area contributed by atoms with Crippen molar-refractivity contribution in [3.05, 3.63) is 0 Å². The molecule has 0 aliphatic carbocycles. The van der Waals surface area contributed by atoms with Gasteiger partial charge in [-0.05, 0) is 33.6 Å². The molecule has 1 aliphatic heterocycles. The summed E-state index contributed by atoms with van der Waals surface area (Å²) >= 11 is 0. The highest BCUT2D eigenvalue weighted by atomic mass is 16.6. The third-order valence-electron chi connectivity index (χ3n) is 3.16. The summed E-state index contributed by atoms with van der Waals surface area (Å²) in [4.78, 5) is 37.8. The minimum absolute atomic E-state index is 0.117. The van der Waals surface area contributed by atoms with Gasteiger partial charge in [0.1, 0.15) is 11.6 Å². The molecular formula is C14H24N2O5. The van der Waals surface area contributed by atoms with E-state index in [2.05, 4.69) is 0 Å². The highest BCUT2D eigenvalue weighted by molar-refractivity contribution is 5.84. The quantitative estimate of drug-likeness (QED) is 0.791. The van der Waals surface area contributed by atoms with Gasteiger partial charge in [-0.3, -0.25) is 4.79 Å². The van der Waals surface area contributed by atoms with Crippen molar-refractivity contribution in [1.29, 1.82) is 0 Å². The van der Waals surface area contributed by atoms with Crippen LogP contribution < -0.4 is 0 Å². The molecule has 1 N–H and O–H groups in total. The number of aliphatic carboxylic acids is 1. The number of nitrogens with zero attached hydrogens (tertiary/aromatic N) is 2. The van der Waals surface area contributed by atoms with Crippen LogP contribution in [-0.2, 0) is 14.3 Å². The van der Waals surface area contributed by atoms with Crippen molar-refractivity contribution in [3.8, 4) is 0 Å². The van der Waals surface area contributed by atoms with Crippen LogP contribution >= 0.6 is 0 Å². The van der Waals surface area contributed by atoms with Gasteiger partial charge < -0.3 is 19.6 Å². The zero-order valence-corrected chi connectivity index (χ0v) is 13.1. The van der Waals surface area contributed by atoms with Gasteiger partial charge in [-0.25, -0.2) is 9.59 Å². The molecule has 1 heterocycles. The van der Waals surface area contributed by atoms with Crippen LogP contribution in [-0.4, -0.2) is 64.7 Å². The van der Waals surface area contributed by atoms with Gasteiger partial charge in [0, 0.05) is 20.1 Å². The summed E-state index contributed by atoms with van der Waals surface area (Å²) in [7, 11) is 1.54. The number of urea groups is 1. The minimum Gasteiger partial charge on any atom is -0.481 e. The molecule has 7 heteroatoms. The number of carboxylic acid groups (broad SMARTS) is 1. The van der Waals surface area contributed by atoms with Gasteiger partial charge in [0.2, 0.25) is 0 Å². The summed E-state index contributed by atoms with van der Waals surface area (Å²) in [5, 5.41) is 8.65. The van der Waals surface area contributed by atoms with Crippen molar-refractivity contribution in [3.63, 3.8) is 0 Å². The Balaban J connectivity index is 2.65. The Morgan fingerprint density at radius 3 is 2.48 bits per heavy atom. The predicted molar refractivity (Wildman–Crippen MR) is 75.9 cm³/mol. The van der Waals surface area contributed by atoms with Crippen LogP contribution in [0.3, 0.4) is 0 Å². The number of carboxylic acids is 1. The van der Waals surface area contributed by atoms with E-state index >= 15 is 0 Å². The molecule has 0 aromatic heterocycles. The van der Waals surface area contributed by atoms with Crippen LogP contribution in [0.15, 0.2) is 0 Å². The average Bonchev–Trinajstić information content (AvgIpc) is 2.81. The zero-order chi connectivity index (χ0) is 16.2. The maximum atomic E-state index is 12.3. The van der Waals surface area contributed by atoms with Crippen LogP contribution in [0, 0.1) is 0 Å². The number of carbonyl (C=O) groups is 3. The first kappa shape index (κ1) is 17.3. The monoisotopic (exact) mass is 300 g/mol. The molecule has 0 aromatic carbocycles. The van der Waals surface area contributed by atoms with Gasteiger partial charge in [0.15, 0.2) is 0 Å². The number of carbonyl (C=O) groups excluding carboxylic acids is 2. The van der Waals surface area contributed by atoms with Gasteiger partial charge >= 0.3 is 18.0 Å². The van der Waals surface area contributed by atoms with Gasteiger partial charge in [-0.15, -0.1) is 0 Å². The second kappa shape index (κ2) is 6.78. The fourth-order valence-corrected chi connectivity index (χ4v) is 2.19. The number of likely N-dealkylation sites (tertiary alicyclic amines) is 1. The SMILES string of the molecule is CN(CCC(=O)O)C(=O)N1CCC[C@H]1C(=O)OC(C)(C)C. The molecule has 1 atom stereocenters. The summed E-state index contributed by atoms with van der Waals surface area (Å²) in [6.45, 7) is 5.95. The van der Waals surface area contributed by atoms with E-state index in [1.54, 1.807) is 20.8 Å². The number of amides is 2. The fraction of sp³-hybridized carbons (Fsp3) is 0.786. The molecule has 0 spiro atoms. The Morgan fingerprint density at radius 1 is 1.33 bits per heavy atom. The molecule has 0 unspecified atom stereocenters. The lowest BCUT2D eigenvalue weighted by atomic mass is 10.1. The lowest BCUT2D eigenvalue weighted by Gasteiger charge is -2.30. The van der Waals surface area contributed by atoms with E-state index in [1.165, 1.54) is 16.8 Å². The summed E-state index contributed by atoms with van der Waals surface area (Å²) in [6, 6.07) is -0.909. The van der Waals surface area contributed by atoms with E-state index in [-0.39, 0.29) is 19.0 Å². The second-order valence-corrected chi connectivity index (χ2v) is 6.23. The van der Waals surface area contributed by atoms with Crippen molar-refractivity contribution in [2.75, 3.05) is 20.1 Å². The van der Waals surface area contributed by atoms with E-state index in [0.29, 0.717) is 13.0 Å². The van der Waals surface area contributed by atoms with Crippen molar-refractivity contribution < 1.29 is 24.2 Å². The van der Waals surface area contributed by atoms with E-state index in [1.807, 2.05) is 0 Å². The molecule has 1 fully saturated rings. The lowest BCUT2D eigenvalue weighted by molar-refractivity contribution is -0.159. The summed E-state index contributed by atoms with van der Waals surface area (Å²) < 4.78 is 5.33. The molecule has 1 aliphatic rings. The smallest absolute Gasteiger partial charge is 0.329 e. The van der Waals surface area contributed by atoms with E-state index < -0.39 is 23.6 Å². The van der Waals surface area contributed by atoms with E-state index in [0.717, 1.165) is 6.42 Å². The van der Waals surface area contributed by atoms with E-state index in [9.17, 15) is 14.4 Å². The molecule has 1 rings (SSSR count). The van der Waals surface area contributed by atoms with Gasteiger partial charge in [0.25, 0.3) is 0 Å². The van der Waals surface area contributed by atoms with Crippen LogP contribution in [0.25, 0.3) is 0 Å². The number of rotatable bonds is 4. The number of hydrogen-bond acceptors (Lipinski definition) is 4. The van der Waals surface area contributed by atoms with E-state index in [4.69, 9.17) is 9.84 Å². The first-order valence-electron chi connectivity index (χ1n) is 7.08. The molecule has 21 heavy (non-hydrogen) atoms. The topological polar surface area (TPSA) is 87.2 Å². The van der Waals surface area contributed by atoms with Crippen LogP contribution in [0.2, 0.25) is 0 Å². The highest BCUT2D eigenvalue weighted by Crippen LogP contribution is 2.22. The number of esters is 1. The third-order valence-corrected chi connectivity index (χ3v) is 3.16. The van der Waals surface area contributed by atoms with Crippen molar-refractivity contribution in [2.24, 2.45) is 0 Å². The van der Waals surface area contributed by atoms with Crippen molar-refractivity contribution in [2.45, 2.75) is 51.7 Å². The predicted octanol–water partition coefficient (Wildman–Crippen LogP) is 1.32. The van der Waals surface area contributed by atoms with Crippen LogP contribution in [0.1, 0.15) is 40.0 Å². The van der Waals surface area contributed by atoms with Crippen molar-refractivity contribution in [1.82, 2.24) is 9.80 Å². The Morgan fingerprint density at radius 2 is 1.95 bits per heavy atom. The second-order valence-electron chi connectivity index (χ2n) is 6.23. The Labute approximate surface area is 124 Å². The average molecular weight is 300 g/mol. The van der Waals surface area contributed by atoms with Gasteiger partial charge in [0.05, 0.1) is 6.42 Å². The zero-order valence-electron chi connectivity index (χ0n) is 13.1. The molecule has 0 aromatic rings. The summed E-state index contributed by atoms with van der Waals surface area (Å²) in [6.07, 6.45) is 1.20. The Bertz CT molecular complexity index is 416. The molecule has 0 bridgehead atoms. The highest BCUT2D eigenvalue weighted by Gasteiger charge is 2.38. The molecule has 0 saturated carbocycles. The lowest BCUT2D eigenvalue weighted by Crippen LogP contribution is -2.48. The standard InChI is InChI=1S/C14H24N2O5/c1-14(2,3)21-12(19)10-6-5-8-16(10)13(20)15(4)9-7-11(17)18/h10H,5-9H2,1-4H3,(H,17,18)/t10-/m0/s1. The molecule has 7 nitrogen and oxygen atoms in total. The minimum atomic E-state index is -0.959. The number of hydrogen-bond donors (Lipinski definition) is 1.